The Morgan fingerprint density at radius 2 is 1.54 bits per heavy atom. The molecule has 1 saturated carbocycles. The number of halogens is 4. The molecule has 3 aromatic rings. The molecule has 37 heavy (non-hydrogen) atoms. The number of hydrogen-bond acceptors (Lipinski definition) is 3. The third-order valence-corrected chi connectivity index (χ3v) is 6.66. The van der Waals surface area contributed by atoms with Crippen molar-refractivity contribution in [3.63, 3.8) is 0 Å². The van der Waals surface area contributed by atoms with Crippen molar-refractivity contribution >= 4 is 0 Å². The van der Waals surface area contributed by atoms with Crippen molar-refractivity contribution in [1.82, 2.24) is 0 Å². The van der Waals surface area contributed by atoms with Crippen molar-refractivity contribution in [1.29, 1.82) is 0 Å². The van der Waals surface area contributed by atoms with Crippen LogP contribution in [0.3, 0.4) is 0 Å². The predicted molar refractivity (Wildman–Crippen MR) is 135 cm³/mol. The van der Waals surface area contributed by atoms with E-state index in [4.69, 9.17) is 14.2 Å². The van der Waals surface area contributed by atoms with Crippen LogP contribution in [0.15, 0.2) is 61.2 Å². The lowest BCUT2D eigenvalue weighted by molar-refractivity contribution is 0.0116. The molecular formula is C30H30F4O3. The normalized spacial score (nSPS) is 17.4. The molecule has 0 unspecified atom stereocenters. The molecule has 0 spiro atoms. The van der Waals surface area contributed by atoms with Gasteiger partial charge in [0.1, 0.15) is 12.4 Å². The maximum absolute atomic E-state index is 15.1. The standard InChI is InChI=1S/C30H30F4O3/c1-3-17-36-26-16-9-21(27(31)30(26)34)18-37-23-12-7-20(8-13-23)25-15-14-24(28(32)29(25)33)19-5-10-22(11-6-19)35-4-2/h3,5-6,9-11,14-16,20,23H,1,4,7-8,12-13,17-18H2,2H3. The van der Waals surface area contributed by atoms with E-state index in [1.54, 1.807) is 36.4 Å². The highest BCUT2D eigenvalue weighted by molar-refractivity contribution is 5.65. The van der Waals surface area contributed by atoms with Crippen LogP contribution in [-0.4, -0.2) is 19.3 Å². The van der Waals surface area contributed by atoms with Crippen molar-refractivity contribution in [2.45, 2.75) is 51.2 Å². The highest BCUT2D eigenvalue weighted by Crippen LogP contribution is 2.38. The zero-order chi connectivity index (χ0) is 26.4. The molecule has 0 atom stereocenters. The summed E-state index contributed by atoms with van der Waals surface area (Å²) in [6, 6.07) is 13.0. The SMILES string of the molecule is C=CCOc1ccc(COC2CCC(c3ccc(-c4ccc(OCC)cc4)c(F)c3F)CC2)c(F)c1F. The molecule has 0 saturated heterocycles. The molecule has 7 heteroatoms. The monoisotopic (exact) mass is 514 g/mol. The molecule has 0 amide bonds. The molecule has 0 N–H and O–H groups in total. The van der Waals surface area contributed by atoms with Crippen LogP contribution < -0.4 is 9.47 Å². The summed E-state index contributed by atoms with van der Waals surface area (Å²) in [7, 11) is 0. The molecule has 1 aliphatic carbocycles. The Bertz CT molecular complexity index is 1220. The van der Waals surface area contributed by atoms with E-state index >= 15 is 4.39 Å². The number of ether oxygens (including phenoxy) is 3. The van der Waals surface area contributed by atoms with Gasteiger partial charge in [0.05, 0.1) is 19.3 Å². The predicted octanol–water partition coefficient (Wildman–Crippen LogP) is 8.12. The largest absolute Gasteiger partial charge is 0.494 e. The molecule has 3 aromatic carbocycles. The first-order chi connectivity index (χ1) is 17.9. The molecule has 0 aliphatic heterocycles. The van der Waals surface area contributed by atoms with Gasteiger partial charge < -0.3 is 14.2 Å². The van der Waals surface area contributed by atoms with Crippen molar-refractivity contribution < 1.29 is 31.8 Å². The molecule has 0 aromatic heterocycles. The Labute approximate surface area is 214 Å². The average Bonchev–Trinajstić information content (AvgIpc) is 2.92. The van der Waals surface area contributed by atoms with Crippen molar-refractivity contribution in [2.75, 3.05) is 13.2 Å². The number of rotatable bonds is 10. The van der Waals surface area contributed by atoms with Gasteiger partial charge in [0.2, 0.25) is 5.82 Å². The van der Waals surface area contributed by atoms with Gasteiger partial charge >= 0.3 is 0 Å². The van der Waals surface area contributed by atoms with E-state index in [1.165, 1.54) is 18.2 Å². The van der Waals surface area contributed by atoms with Crippen LogP contribution in [0.25, 0.3) is 11.1 Å². The Kier molecular flexibility index (Phi) is 8.87. The van der Waals surface area contributed by atoms with Crippen LogP contribution in [0.5, 0.6) is 11.5 Å². The van der Waals surface area contributed by atoms with Crippen molar-refractivity contribution in [2.24, 2.45) is 0 Å². The van der Waals surface area contributed by atoms with E-state index in [2.05, 4.69) is 6.58 Å². The highest BCUT2D eigenvalue weighted by atomic mass is 19.2. The van der Waals surface area contributed by atoms with Crippen LogP contribution in [0.2, 0.25) is 0 Å². The lowest BCUT2D eigenvalue weighted by Gasteiger charge is -2.29. The highest BCUT2D eigenvalue weighted by Gasteiger charge is 2.27. The molecule has 1 aliphatic rings. The zero-order valence-electron chi connectivity index (χ0n) is 20.7. The third kappa shape index (κ3) is 6.16. The van der Waals surface area contributed by atoms with Gasteiger partial charge in [-0.15, -0.1) is 0 Å². The second-order valence-corrected chi connectivity index (χ2v) is 9.02. The van der Waals surface area contributed by atoms with Gasteiger partial charge in [-0.05, 0) is 73.9 Å². The Morgan fingerprint density at radius 1 is 0.811 bits per heavy atom. The van der Waals surface area contributed by atoms with E-state index in [0.717, 1.165) is 0 Å². The first-order valence-electron chi connectivity index (χ1n) is 12.5. The van der Waals surface area contributed by atoms with Crippen LogP contribution >= 0.6 is 0 Å². The smallest absolute Gasteiger partial charge is 0.200 e. The Balaban J connectivity index is 1.35. The summed E-state index contributed by atoms with van der Waals surface area (Å²) in [6.07, 6.45) is 3.70. The fourth-order valence-electron chi connectivity index (χ4n) is 4.69. The fraction of sp³-hybridized carbons (Fsp3) is 0.333. The molecule has 0 radical (unpaired) electrons. The quantitative estimate of drug-likeness (QED) is 0.202. The van der Waals surface area contributed by atoms with Gasteiger partial charge in [0.15, 0.2) is 23.2 Å². The summed E-state index contributed by atoms with van der Waals surface area (Å²) in [4.78, 5) is 0. The van der Waals surface area contributed by atoms with Crippen LogP contribution in [-0.2, 0) is 11.3 Å². The van der Waals surface area contributed by atoms with E-state index in [0.29, 0.717) is 49.2 Å². The minimum Gasteiger partial charge on any atom is -0.494 e. The lowest BCUT2D eigenvalue weighted by atomic mass is 9.82. The Hall–Kier alpha value is -3.32. The Morgan fingerprint density at radius 3 is 2.22 bits per heavy atom. The van der Waals surface area contributed by atoms with Gasteiger partial charge in [-0.3, -0.25) is 0 Å². The van der Waals surface area contributed by atoms with E-state index < -0.39 is 23.3 Å². The molecular weight excluding hydrogens is 484 g/mol. The summed E-state index contributed by atoms with van der Waals surface area (Å²) in [6.45, 7) is 5.87. The van der Waals surface area contributed by atoms with Crippen LogP contribution in [0, 0.1) is 23.3 Å². The first kappa shape index (κ1) is 26.7. The first-order valence-corrected chi connectivity index (χ1v) is 12.5. The summed E-state index contributed by atoms with van der Waals surface area (Å²) in [5, 5.41) is 0. The molecule has 0 heterocycles. The van der Waals surface area contributed by atoms with Gasteiger partial charge in [-0.2, -0.15) is 4.39 Å². The lowest BCUT2D eigenvalue weighted by Crippen LogP contribution is -2.21. The van der Waals surface area contributed by atoms with E-state index in [-0.39, 0.29) is 42.1 Å². The molecule has 0 bridgehead atoms. The molecule has 4 rings (SSSR count). The third-order valence-electron chi connectivity index (χ3n) is 6.66. The second-order valence-electron chi connectivity index (χ2n) is 9.02. The van der Waals surface area contributed by atoms with Gasteiger partial charge in [0.25, 0.3) is 0 Å². The van der Waals surface area contributed by atoms with Gasteiger partial charge in [-0.25, -0.2) is 13.2 Å². The van der Waals surface area contributed by atoms with E-state index in [9.17, 15) is 13.2 Å². The summed E-state index contributed by atoms with van der Waals surface area (Å²) < 4.78 is 75.0. The summed E-state index contributed by atoms with van der Waals surface area (Å²) >= 11 is 0. The second kappa shape index (κ2) is 12.3. The van der Waals surface area contributed by atoms with Gasteiger partial charge in [-0.1, -0.05) is 36.9 Å². The van der Waals surface area contributed by atoms with Crippen molar-refractivity contribution in [3.8, 4) is 22.6 Å². The summed E-state index contributed by atoms with van der Waals surface area (Å²) in [5.74, 6) is -3.39. The molecule has 1 fully saturated rings. The van der Waals surface area contributed by atoms with Gasteiger partial charge in [0, 0.05) is 11.1 Å². The maximum Gasteiger partial charge on any atom is 0.200 e. The molecule has 196 valence electrons. The van der Waals surface area contributed by atoms with Crippen molar-refractivity contribution in [3.05, 3.63) is 95.6 Å². The summed E-state index contributed by atoms with van der Waals surface area (Å²) in [5.41, 5.74) is 1.24. The fourth-order valence-corrected chi connectivity index (χ4v) is 4.69. The maximum atomic E-state index is 15.1. The minimum absolute atomic E-state index is 0.0737. The number of hydrogen-bond donors (Lipinski definition) is 0. The number of benzene rings is 3. The van der Waals surface area contributed by atoms with Crippen LogP contribution in [0.4, 0.5) is 17.6 Å². The average molecular weight is 515 g/mol. The van der Waals surface area contributed by atoms with Crippen LogP contribution in [0.1, 0.15) is 49.7 Å². The molecule has 3 nitrogen and oxygen atoms in total. The zero-order valence-corrected chi connectivity index (χ0v) is 20.7. The van der Waals surface area contributed by atoms with E-state index in [1.807, 2.05) is 6.92 Å². The minimum atomic E-state index is -1.06. The topological polar surface area (TPSA) is 27.7 Å².